The van der Waals surface area contributed by atoms with Crippen LogP contribution in [-0.2, 0) is 16.6 Å². The van der Waals surface area contributed by atoms with Crippen molar-refractivity contribution in [3.8, 4) is 0 Å². The van der Waals surface area contributed by atoms with Gasteiger partial charge in [0, 0.05) is 17.7 Å². The van der Waals surface area contributed by atoms with Crippen molar-refractivity contribution in [1.82, 2.24) is 10.0 Å². The average molecular weight is 499 g/mol. The van der Waals surface area contributed by atoms with Crippen LogP contribution in [0.5, 0.6) is 0 Å². The Hall–Kier alpha value is -4.07. The van der Waals surface area contributed by atoms with Gasteiger partial charge in [-0.1, -0.05) is 84.9 Å². The normalized spacial score (nSPS) is 11.3. The molecular weight excluding hydrogens is 472 g/mol. The highest BCUT2D eigenvalue weighted by Crippen LogP contribution is 2.22. The molecule has 0 heterocycles. The van der Waals surface area contributed by atoms with Crippen LogP contribution in [0.4, 0.5) is 0 Å². The summed E-state index contributed by atoms with van der Waals surface area (Å²) >= 11 is 0. The van der Waals surface area contributed by atoms with Crippen molar-refractivity contribution in [3.63, 3.8) is 0 Å². The van der Waals surface area contributed by atoms with E-state index < -0.39 is 10.0 Å². The number of benzene rings is 4. The lowest BCUT2D eigenvalue weighted by Crippen LogP contribution is -2.29. The predicted molar refractivity (Wildman–Crippen MR) is 139 cm³/mol. The van der Waals surface area contributed by atoms with E-state index in [9.17, 15) is 18.0 Å². The van der Waals surface area contributed by atoms with Crippen LogP contribution in [0.2, 0.25) is 0 Å². The fraction of sp³-hybridized carbons (Fsp3) is 0.103. The Morgan fingerprint density at radius 2 is 1.19 bits per heavy atom. The Morgan fingerprint density at radius 3 is 1.69 bits per heavy atom. The van der Waals surface area contributed by atoms with Crippen LogP contribution in [-0.4, -0.2) is 20.1 Å². The largest absolute Gasteiger partial charge is 0.341 e. The molecule has 4 rings (SSSR count). The van der Waals surface area contributed by atoms with Crippen molar-refractivity contribution in [3.05, 3.63) is 137 Å². The third-order valence-corrected chi connectivity index (χ3v) is 7.21. The molecule has 0 spiro atoms. The molecular formula is C29H26N2O4S. The molecule has 0 unspecified atom stereocenters. The summed E-state index contributed by atoms with van der Waals surface area (Å²) < 4.78 is 27.7. The number of rotatable bonds is 9. The summed E-state index contributed by atoms with van der Waals surface area (Å²) in [5, 5.41) is 3.10. The molecule has 0 saturated heterocycles. The van der Waals surface area contributed by atoms with Gasteiger partial charge in [0.15, 0.2) is 5.78 Å². The summed E-state index contributed by atoms with van der Waals surface area (Å²) in [5.74, 6) is -0.361. The lowest BCUT2D eigenvalue weighted by atomic mass is 9.98. The molecule has 0 aliphatic heterocycles. The zero-order valence-electron chi connectivity index (χ0n) is 19.7. The second-order valence-corrected chi connectivity index (χ2v) is 10.1. The van der Waals surface area contributed by atoms with Gasteiger partial charge in [0.25, 0.3) is 5.91 Å². The van der Waals surface area contributed by atoms with Gasteiger partial charge in [-0.3, -0.25) is 9.59 Å². The van der Waals surface area contributed by atoms with Gasteiger partial charge in [-0.25, -0.2) is 13.1 Å². The molecule has 4 aromatic rings. The fourth-order valence-electron chi connectivity index (χ4n) is 3.77. The summed E-state index contributed by atoms with van der Waals surface area (Å²) in [5.41, 5.74) is 3.57. The van der Waals surface area contributed by atoms with E-state index in [1.54, 1.807) is 24.3 Å². The van der Waals surface area contributed by atoms with Gasteiger partial charge in [0.05, 0.1) is 10.9 Å². The molecule has 0 atom stereocenters. The van der Waals surface area contributed by atoms with Crippen molar-refractivity contribution in [2.24, 2.45) is 0 Å². The maximum absolute atomic E-state index is 13.0. The Labute approximate surface area is 211 Å². The second-order valence-electron chi connectivity index (χ2n) is 8.33. The highest BCUT2D eigenvalue weighted by atomic mass is 32.2. The van der Waals surface area contributed by atoms with Crippen molar-refractivity contribution < 1.29 is 18.0 Å². The molecule has 0 saturated carbocycles. The quantitative estimate of drug-likeness (QED) is 0.322. The van der Waals surface area contributed by atoms with Gasteiger partial charge < -0.3 is 5.32 Å². The first kappa shape index (κ1) is 25.0. The first-order valence-corrected chi connectivity index (χ1v) is 12.9. The molecule has 0 fully saturated rings. The molecule has 2 N–H and O–H groups in total. The summed E-state index contributed by atoms with van der Waals surface area (Å²) in [6.45, 7) is 1.49. The number of amides is 1. The number of Topliss-reactive ketones (excluding diaryl/α,β-unsaturated/α-hetero) is 1. The minimum absolute atomic E-state index is 0.0648. The van der Waals surface area contributed by atoms with E-state index in [0.717, 1.165) is 11.1 Å². The van der Waals surface area contributed by atoms with Crippen LogP contribution in [0, 0.1) is 0 Å². The summed E-state index contributed by atoms with van der Waals surface area (Å²) in [7, 11) is -3.75. The fourth-order valence-corrected chi connectivity index (χ4v) is 4.79. The lowest BCUT2D eigenvalue weighted by Gasteiger charge is -2.20. The molecule has 0 aromatic heterocycles. The van der Waals surface area contributed by atoms with E-state index in [2.05, 4.69) is 10.0 Å². The third-order valence-electron chi connectivity index (χ3n) is 5.79. The number of nitrogens with one attached hydrogen (secondary N) is 2. The van der Waals surface area contributed by atoms with Crippen LogP contribution in [0.25, 0.3) is 0 Å². The topological polar surface area (TPSA) is 92.3 Å². The van der Waals surface area contributed by atoms with E-state index in [0.29, 0.717) is 16.7 Å². The maximum atomic E-state index is 13.0. The monoisotopic (exact) mass is 498 g/mol. The van der Waals surface area contributed by atoms with Gasteiger partial charge in [0.1, 0.15) is 0 Å². The number of hydrogen-bond donors (Lipinski definition) is 2. The van der Waals surface area contributed by atoms with Gasteiger partial charge in [-0.15, -0.1) is 0 Å². The van der Waals surface area contributed by atoms with Gasteiger partial charge in [-0.05, 0) is 47.9 Å². The minimum atomic E-state index is -3.75. The molecule has 6 nitrogen and oxygen atoms in total. The van der Waals surface area contributed by atoms with Crippen LogP contribution in [0.15, 0.2) is 114 Å². The first-order valence-electron chi connectivity index (χ1n) is 11.4. The Bertz CT molecular complexity index is 1400. The molecule has 1 amide bonds. The van der Waals surface area contributed by atoms with Crippen molar-refractivity contribution >= 4 is 21.7 Å². The van der Waals surface area contributed by atoms with Crippen LogP contribution in [0.3, 0.4) is 0 Å². The number of carbonyl (C=O) groups is 2. The van der Waals surface area contributed by atoms with Crippen molar-refractivity contribution in [1.29, 1.82) is 0 Å². The van der Waals surface area contributed by atoms with E-state index >= 15 is 0 Å². The number of hydrogen-bond acceptors (Lipinski definition) is 4. The molecule has 0 bridgehead atoms. The Kier molecular flexibility index (Phi) is 7.73. The molecule has 4 aromatic carbocycles. The molecule has 0 radical (unpaired) electrons. The van der Waals surface area contributed by atoms with Gasteiger partial charge in [0.2, 0.25) is 10.0 Å². The van der Waals surface area contributed by atoms with E-state index in [1.165, 1.54) is 31.2 Å². The van der Waals surface area contributed by atoms with Gasteiger partial charge in [-0.2, -0.15) is 0 Å². The molecule has 7 heteroatoms. The number of sulfonamides is 1. The molecule has 0 aliphatic rings. The Balaban J connectivity index is 1.43. The summed E-state index contributed by atoms with van der Waals surface area (Å²) in [4.78, 5) is 24.5. The first-order chi connectivity index (χ1) is 17.3. The number of ketones is 1. The summed E-state index contributed by atoms with van der Waals surface area (Å²) in [6, 6.07) is 31.8. The predicted octanol–water partition coefficient (Wildman–Crippen LogP) is 4.89. The van der Waals surface area contributed by atoms with E-state index in [4.69, 9.17) is 0 Å². The zero-order chi connectivity index (χ0) is 25.5. The van der Waals surface area contributed by atoms with Crippen LogP contribution in [0.1, 0.15) is 50.4 Å². The smallest absolute Gasteiger partial charge is 0.252 e. The standard InChI is InChI=1S/C29H26N2O4S/c1-21(32)23-16-18-27(19-17-23)36(34,35)30-20-22-12-14-26(15-13-22)29(33)31-28(24-8-4-2-5-9-24)25-10-6-3-7-11-25/h2-19,28,30H,20H2,1H3,(H,31,33). The SMILES string of the molecule is CC(=O)c1ccc(S(=O)(=O)NCc2ccc(C(=O)NC(c3ccccc3)c3ccccc3)cc2)cc1. The van der Waals surface area contributed by atoms with Gasteiger partial charge >= 0.3 is 0 Å². The lowest BCUT2D eigenvalue weighted by molar-refractivity contribution is 0.0942. The van der Waals surface area contributed by atoms with Crippen molar-refractivity contribution in [2.75, 3.05) is 0 Å². The van der Waals surface area contributed by atoms with E-state index in [-0.39, 0.29) is 29.2 Å². The highest BCUT2D eigenvalue weighted by Gasteiger charge is 2.18. The van der Waals surface area contributed by atoms with E-state index in [1.807, 2.05) is 60.7 Å². The molecule has 36 heavy (non-hydrogen) atoms. The molecule has 182 valence electrons. The minimum Gasteiger partial charge on any atom is -0.341 e. The second kappa shape index (κ2) is 11.1. The van der Waals surface area contributed by atoms with Crippen LogP contribution < -0.4 is 10.0 Å². The molecule has 0 aliphatic carbocycles. The average Bonchev–Trinajstić information content (AvgIpc) is 2.92. The third kappa shape index (κ3) is 6.13. The highest BCUT2D eigenvalue weighted by molar-refractivity contribution is 7.89. The van der Waals surface area contributed by atoms with Crippen LogP contribution >= 0.6 is 0 Å². The zero-order valence-corrected chi connectivity index (χ0v) is 20.5. The Morgan fingerprint density at radius 1 is 0.694 bits per heavy atom. The number of carbonyl (C=O) groups excluding carboxylic acids is 2. The maximum Gasteiger partial charge on any atom is 0.252 e. The summed E-state index contributed by atoms with van der Waals surface area (Å²) in [6.07, 6.45) is 0. The van der Waals surface area contributed by atoms with Crippen molar-refractivity contribution in [2.45, 2.75) is 24.4 Å².